The molecule has 3 N–H and O–H groups in total. The lowest BCUT2D eigenvalue weighted by Gasteiger charge is -2.39. The van der Waals surface area contributed by atoms with E-state index in [1.807, 2.05) is 29.2 Å². The number of hydrogen-bond acceptors (Lipinski definition) is 5. The Kier molecular flexibility index (Phi) is 5.45. The summed E-state index contributed by atoms with van der Waals surface area (Å²) >= 11 is 0. The maximum absolute atomic E-state index is 13.1. The van der Waals surface area contributed by atoms with Crippen LogP contribution in [-0.4, -0.2) is 66.3 Å². The van der Waals surface area contributed by atoms with Crippen LogP contribution >= 0.6 is 0 Å². The summed E-state index contributed by atoms with van der Waals surface area (Å²) in [5.41, 5.74) is 6.25. The van der Waals surface area contributed by atoms with Gasteiger partial charge in [0.05, 0.1) is 32.2 Å². The number of primary amides is 1. The van der Waals surface area contributed by atoms with E-state index < -0.39 is 5.91 Å². The molecule has 0 radical (unpaired) electrons. The van der Waals surface area contributed by atoms with E-state index in [0.717, 1.165) is 30.6 Å². The van der Waals surface area contributed by atoms with Gasteiger partial charge in [-0.15, -0.1) is 0 Å². The minimum absolute atomic E-state index is 0.0131. The third-order valence-electron chi connectivity index (χ3n) is 6.34. The lowest BCUT2D eigenvalue weighted by atomic mass is 9.89. The van der Waals surface area contributed by atoms with Crippen molar-refractivity contribution < 1.29 is 19.1 Å². The molecule has 8 nitrogen and oxygen atoms in total. The lowest BCUT2D eigenvalue weighted by Crippen LogP contribution is -2.55. The van der Waals surface area contributed by atoms with E-state index in [4.69, 9.17) is 10.5 Å². The van der Waals surface area contributed by atoms with E-state index in [1.54, 1.807) is 12.0 Å². The first-order chi connectivity index (χ1) is 14.0. The second kappa shape index (κ2) is 8.02. The number of carbonyl (C=O) groups excluding carboxylic acids is 3. The number of rotatable bonds is 6. The summed E-state index contributed by atoms with van der Waals surface area (Å²) in [6.45, 7) is 0.750. The Labute approximate surface area is 170 Å². The number of nitrogens with one attached hydrogen (secondary N) is 1. The number of hydrogen-bond donors (Lipinski definition) is 2. The molecule has 0 spiro atoms. The molecule has 2 saturated heterocycles. The summed E-state index contributed by atoms with van der Waals surface area (Å²) in [6.07, 6.45) is 3.76. The van der Waals surface area contributed by atoms with Crippen LogP contribution in [0, 0.1) is 5.92 Å². The molecule has 3 amide bonds. The average Bonchev–Trinajstić information content (AvgIpc) is 3.04. The zero-order chi connectivity index (χ0) is 20.5. The number of piperazine rings is 1. The SMILES string of the molecule is COc1ccc(C2C(C(=O)NC3CCC3)C[C@H]3CN(CC(N)=O)CC(=O)N23)cc1. The second-order valence-electron chi connectivity index (χ2n) is 8.29. The number of carbonyl (C=O) groups is 3. The number of fused-ring (bicyclic) bond motifs is 1. The Morgan fingerprint density at radius 3 is 2.55 bits per heavy atom. The van der Waals surface area contributed by atoms with E-state index in [0.29, 0.717) is 13.0 Å². The minimum atomic E-state index is -0.449. The molecule has 4 rings (SSSR count). The maximum atomic E-state index is 13.1. The Morgan fingerprint density at radius 2 is 1.97 bits per heavy atom. The third kappa shape index (κ3) is 3.94. The van der Waals surface area contributed by atoms with Gasteiger partial charge in [-0.05, 0) is 43.4 Å². The number of amides is 3. The van der Waals surface area contributed by atoms with Gasteiger partial charge in [-0.1, -0.05) is 12.1 Å². The van der Waals surface area contributed by atoms with Crippen molar-refractivity contribution in [2.75, 3.05) is 26.7 Å². The fourth-order valence-corrected chi connectivity index (χ4v) is 4.76. The van der Waals surface area contributed by atoms with Crippen molar-refractivity contribution in [3.63, 3.8) is 0 Å². The van der Waals surface area contributed by atoms with Gasteiger partial charge in [0.25, 0.3) is 0 Å². The van der Waals surface area contributed by atoms with Crippen LogP contribution in [-0.2, 0) is 14.4 Å². The standard InChI is InChI=1S/C21H28N4O4/c1-29-16-7-5-13(6-8-16)20-17(21(28)23-14-3-2-4-14)9-15-10-24(11-18(22)26)12-19(27)25(15)20/h5-8,14-15,17,20H,2-4,9-12H2,1H3,(H2,22,26)(H,23,28)/t15-,17?,20?/m0/s1. The molecule has 29 heavy (non-hydrogen) atoms. The summed E-state index contributed by atoms with van der Waals surface area (Å²) in [4.78, 5) is 41.1. The molecule has 2 unspecified atom stereocenters. The number of methoxy groups -OCH3 is 1. The monoisotopic (exact) mass is 400 g/mol. The topological polar surface area (TPSA) is 105 Å². The van der Waals surface area contributed by atoms with E-state index >= 15 is 0 Å². The van der Waals surface area contributed by atoms with E-state index in [9.17, 15) is 14.4 Å². The molecule has 3 fully saturated rings. The van der Waals surface area contributed by atoms with Crippen molar-refractivity contribution in [3.05, 3.63) is 29.8 Å². The van der Waals surface area contributed by atoms with Crippen molar-refractivity contribution in [3.8, 4) is 5.75 Å². The van der Waals surface area contributed by atoms with Gasteiger partial charge in [0, 0.05) is 18.6 Å². The molecule has 1 aliphatic carbocycles. The zero-order valence-corrected chi connectivity index (χ0v) is 16.7. The predicted molar refractivity (Wildman–Crippen MR) is 106 cm³/mol. The highest BCUT2D eigenvalue weighted by Gasteiger charge is 2.50. The van der Waals surface area contributed by atoms with Crippen LogP contribution in [0.2, 0.25) is 0 Å². The molecule has 8 heteroatoms. The predicted octanol–water partition coefficient (Wildman–Crippen LogP) is 0.423. The normalized spacial score (nSPS) is 27.3. The molecule has 1 saturated carbocycles. The molecule has 1 aromatic rings. The largest absolute Gasteiger partial charge is 0.497 e. The number of nitrogens with two attached hydrogens (primary N) is 1. The highest BCUT2D eigenvalue weighted by atomic mass is 16.5. The maximum Gasteiger partial charge on any atom is 0.237 e. The van der Waals surface area contributed by atoms with Gasteiger partial charge in [-0.2, -0.15) is 0 Å². The van der Waals surface area contributed by atoms with Gasteiger partial charge in [0.15, 0.2) is 0 Å². The van der Waals surface area contributed by atoms with Crippen molar-refractivity contribution in [2.24, 2.45) is 11.7 Å². The highest BCUT2D eigenvalue weighted by molar-refractivity contribution is 5.86. The van der Waals surface area contributed by atoms with Crippen LogP contribution in [0.15, 0.2) is 24.3 Å². The molecular formula is C21H28N4O4. The molecule has 3 aliphatic rings. The zero-order valence-electron chi connectivity index (χ0n) is 16.7. The van der Waals surface area contributed by atoms with E-state index in [-0.39, 0.29) is 48.9 Å². The molecule has 0 aromatic heterocycles. The van der Waals surface area contributed by atoms with Crippen LogP contribution in [0.5, 0.6) is 5.75 Å². The van der Waals surface area contributed by atoms with Crippen molar-refractivity contribution in [1.82, 2.24) is 15.1 Å². The third-order valence-corrected chi connectivity index (χ3v) is 6.34. The van der Waals surface area contributed by atoms with Crippen LogP contribution in [0.3, 0.4) is 0 Å². The first kappa shape index (κ1) is 19.7. The number of benzene rings is 1. The van der Waals surface area contributed by atoms with Gasteiger partial charge in [-0.25, -0.2) is 0 Å². The molecule has 2 aliphatic heterocycles. The number of nitrogens with zero attached hydrogens (tertiary/aromatic N) is 2. The molecule has 1 aromatic carbocycles. The molecule has 156 valence electrons. The average molecular weight is 400 g/mol. The van der Waals surface area contributed by atoms with E-state index in [1.165, 1.54) is 0 Å². The Morgan fingerprint density at radius 1 is 1.24 bits per heavy atom. The summed E-state index contributed by atoms with van der Waals surface area (Å²) < 4.78 is 5.25. The van der Waals surface area contributed by atoms with Gasteiger partial charge in [-0.3, -0.25) is 19.3 Å². The van der Waals surface area contributed by atoms with Crippen LogP contribution in [0.1, 0.15) is 37.3 Å². The van der Waals surface area contributed by atoms with Gasteiger partial charge in [0.1, 0.15) is 5.75 Å². The van der Waals surface area contributed by atoms with Gasteiger partial charge < -0.3 is 20.7 Å². The van der Waals surface area contributed by atoms with Crippen LogP contribution in [0.25, 0.3) is 0 Å². The summed E-state index contributed by atoms with van der Waals surface area (Å²) in [5, 5.41) is 3.16. The van der Waals surface area contributed by atoms with Crippen molar-refractivity contribution >= 4 is 17.7 Å². The van der Waals surface area contributed by atoms with Crippen molar-refractivity contribution in [2.45, 2.75) is 43.8 Å². The van der Waals surface area contributed by atoms with Crippen molar-refractivity contribution in [1.29, 1.82) is 0 Å². The molecular weight excluding hydrogens is 372 g/mol. The quantitative estimate of drug-likeness (QED) is 0.720. The Balaban J connectivity index is 1.60. The second-order valence-corrected chi connectivity index (χ2v) is 8.29. The lowest BCUT2D eigenvalue weighted by molar-refractivity contribution is -0.141. The van der Waals surface area contributed by atoms with Gasteiger partial charge in [0.2, 0.25) is 17.7 Å². The minimum Gasteiger partial charge on any atom is -0.497 e. The fourth-order valence-electron chi connectivity index (χ4n) is 4.76. The first-order valence-electron chi connectivity index (χ1n) is 10.2. The number of ether oxygens (including phenoxy) is 1. The smallest absolute Gasteiger partial charge is 0.237 e. The van der Waals surface area contributed by atoms with Gasteiger partial charge >= 0.3 is 0 Å². The molecule has 2 heterocycles. The highest BCUT2D eigenvalue weighted by Crippen LogP contribution is 2.43. The summed E-state index contributed by atoms with van der Waals surface area (Å²) in [6, 6.07) is 7.40. The fraction of sp³-hybridized carbons (Fsp3) is 0.571. The summed E-state index contributed by atoms with van der Waals surface area (Å²) in [5.74, 6) is -0.0838. The summed E-state index contributed by atoms with van der Waals surface area (Å²) in [7, 11) is 1.61. The molecule has 3 atom stereocenters. The van der Waals surface area contributed by atoms with Crippen LogP contribution in [0.4, 0.5) is 0 Å². The Bertz CT molecular complexity index is 792. The Hall–Kier alpha value is -2.61. The van der Waals surface area contributed by atoms with E-state index in [2.05, 4.69) is 5.32 Å². The molecule has 0 bridgehead atoms. The first-order valence-corrected chi connectivity index (χ1v) is 10.2. The van der Waals surface area contributed by atoms with Crippen LogP contribution < -0.4 is 15.8 Å².